The molecule has 0 aliphatic carbocycles. The number of ether oxygens (including phenoxy) is 2. The van der Waals surface area contributed by atoms with Crippen LogP contribution in [0.15, 0.2) is 12.1 Å². The van der Waals surface area contributed by atoms with E-state index in [1.54, 1.807) is 19.2 Å². The van der Waals surface area contributed by atoms with Gasteiger partial charge in [-0.05, 0) is 18.6 Å². The Morgan fingerprint density at radius 3 is 2.88 bits per heavy atom. The highest BCUT2D eigenvalue weighted by atomic mass is 35.5. The number of nitrogen functional groups attached to an aromatic ring is 1. The highest BCUT2D eigenvalue weighted by Crippen LogP contribution is 2.32. The van der Waals surface area contributed by atoms with Gasteiger partial charge in [-0.25, -0.2) is 0 Å². The molecule has 0 spiro atoms. The Morgan fingerprint density at radius 1 is 1.47 bits per heavy atom. The monoisotopic (exact) mass is 254 g/mol. The first-order valence-electron chi connectivity index (χ1n) is 5.25. The van der Waals surface area contributed by atoms with E-state index in [1.165, 1.54) is 0 Å². The second-order valence-electron chi connectivity index (χ2n) is 3.53. The first kappa shape index (κ1) is 13.6. The van der Waals surface area contributed by atoms with Crippen molar-refractivity contribution >= 4 is 17.3 Å². The average Bonchev–Trinajstić information content (AvgIpc) is 2.27. The van der Waals surface area contributed by atoms with E-state index in [2.05, 4.69) is 6.07 Å². The van der Waals surface area contributed by atoms with Crippen LogP contribution in [0.5, 0.6) is 5.75 Å². The summed E-state index contributed by atoms with van der Waals surface area (Å²) in [5, 5.41) is 8.89. The Bertz CT molecular complexity index is 416. The summed E-state index contributed by atoms with van der Waals surface area (Å²) < 4.78 is 10.6. The molecule has 1 rings (SSSR count). The van der Waals surface area contributed by atoms with Crippen molar-refractivity contribution in [3.8, 4) is 11.8 Å². The molecule has 0 saturated heterocycles. The molecule has 0 aromatic heterocycles. The number of nitriles is 1. The molecule has 0 aliphatic heterocycles. The fraction of sp³-hybridized carbons (Fsp3) is 0.417. The standard InChI is InChI=1S/C12H15ClN2O2/c1-16-8-9-6-10(15)7-11(13)12(9)17-5-3-2-4-14/h6-7H,2-3,5,8,15H2,1H3. The van der Waals surface area contributed by atoms with Crippen molar-refractivity contribution in [1.29, 1.82) is 5.26 Å². The van der Waals surface area contributed by atoms with Crippen LogP contribution in [0.3, 0.4) is 0 Å². The van der Waals surface area contributed by atoms with Gasteiger partial charge >= 0.3 is 0 Å². The number of hydrogen-bond acceptors (Lipinski definition) is 4. The summed E-state index contributed by atoms with van der Waals surface area (Å²) in [6.45, 7) is 0.840. The third-order valence-electron chi connectivity index (χ3n) is 2.12. The molecule has 0 saturated carbocycles. The van der Waals surface area contributed by atoms with Gasteiger partial charge < -0.3 is 15.2 Å². The summed E-state index contributed by atoms with van der Waals surface area (Å²) in [7, 11) is 1.59. The number of nitrogens with two attached hydrogens (primary N) is 1. The molecule has 5 heteroatoms. The lowest BCUT2D eigenvalue weighted by Crippen LogP contribution is -2.02. The maximum atomic E-state index is 8.43. The Balaban J connectivity index is 2.77. The van der Waals surface area contributed by atoms with Crippen LogP contribution in [-0.4, -0.2) is 13.7 Å². The van der Waals surface area contributed by atoms with Crippen molar-refractivity contribution in [3.63, 3.8) is 0 Å². The quantitative estimate of drug-likeness (QED) is 0.626. The first-order valence-corrected chi connectivity index (χ1v) is 5.63. The van der Waals surface area contributed by atoms with Gasteiger partial charge in [-0.1, -0.05) is 11.6 Å². The van der Waals surface area contributed by atoms with Gasteiger partial charge in [-0.3, -0.25) is 0 Å². The number of unbranched alkanes of at least 4 members (excludes halogenated alkanes) is 1. The van der Waals surface area contributed by atoms with Crippen LogP contribution in [-0.2, 0) is 11.3 Å². The van der Waals surface area contributed by atoms with Gasteiger partial charge in [-0.15, -0.1) is 0 Å². The van der Waals surface area contributed by atoms with E-state index in [9.17, 15) is 0 Å². The molecule has 1 aromatic carbocycles. The number of anilines is 1. The molecule has 0 unspecified atom stereocenters. The van der Waals surface area contributed by atoms with E-state index in [4.69, 9.17) is 32.1 Å². The predicted molar refractivity (Wildman–Crippen MR) is 66.9 cm³/mol. The highest BCUT2D eigenvalue weighted by molar-refractivity contribution is 6.32. The van der Waals surface area contributed by atoms with E-state index in [1.807, 2.05) is 0 Å². The Morgan fingerprint density at radius 2 is 2.24 bits per heavy atom. The number of methoxy groups -OCH3 is 1. The summed E-state index contributed by atoms with van der Waals surface area (Å²) in [5.41, 5.74) is 7.09. The fourth-order valence-corrected chi connectivity index (χ4v) is 1.73. The third-order valence-corrected chi connectivity index (χ3v) is 2.40. The van der Waals surface area contributed by atoms with Gasteiger partial charge in [-0.2, -0.15) is 5.26 Å². The second kappa shape index (κ2) is 7.00. The van der Waals surface area contributed by atoms with Crippen LogP contribution in [0.2, 0.25) is 5.02 Å². The van der Waals surface area contributed by atoms with Crippen LogP contribution >= 0.6 is 11.6 Å². The molecule has 0 amide bonds. The van der Waals surface area contributed by atoms with Crippen LogP contribution in [0.25, 0.3) is 0 Å². The summed E-state index contributed by atoms with van der Waals surface area (Å²) in [4.78, 5) is 0. The SMILES string of the molecule is COCc1cc(N)cc(Cl)c1OCCCC#N. The minimum Gasteiger partial charge on any atom is -0.492 e. The van der Waals surface area contributed by atoms with E-state index in [0.717, 1.165) is 5.56 Å². The zero-order valence-corrected chi connectivity index (χ0v) is 10.5. The van der Waals surface area contributed by atoms with Gasteiger partial charge in [0.25, 0.3) is 0 Å². The lowest BCUT2D eigenvalue weighted by molar-refractivity contribution is 0.179. The molecule has 0 atom stereocenters. The van der Waals surface area contributed by atoms with Crippen LogP contribution < -0.4 is 10.5 Å². The number of hydrogen-bond donors (Lipinski definition) is 1. The first-order chi connectivity index (χ1) is 8.19. The molecule has 0 aliphatic rings. The molecular weight excluding hydrogens is 240 g/mol. The number of benzene rings is 1. The maximum Gasteiger partial charge on any atom is 0.143 e. The second-order valence-corrected chi connectivity index (χ2v) is 3.94. The Kier molecular flexibility index (Phi) is 5.61. The minimum absolute atomic E-state index is 0.387. The van der Waals surface area contributed by atoms with Crippen molar-refractivity contribution in [1.82, 2.24) is 0 Å². The average molecular weight is 255 g/mol. The lowest BCUT2D eigenvalue weighted by Gasteiger charge is -2.13. The van der Waals surface area contributed by atoms with Crippen molar-refractivity contribution in [3.05, 3.63) is 22.7 Å². The van der Waals surface area contributed by atoms with E-state index < -0.39 is 0 Å². The zero-order chi connectivity index (χ0) is 12.7. The molecular formula is C12H15ClN2O2. The van der Waals surface area contributed by atoms with Gasteiger partial charge in [0.05, 0.1) is 24.3 Å². The summed E-state index contributed by atoms with van der Waals surface area (Å²) >= 11 is 6.06. The maximum absolute atomic E-state index is 8.43. The predicted octanol–water partition coefficient (Wildman–Crippen LogP) is 2.75. The normalized spacial score (nSPS) is 9.94. The Hall–Kier alpha value is -1.44. The molecule has 92 valence electrons. The lowest BCUT2D eigenvalue weighted by atomic mass is 10.2. The zero-order valence-electron chi connectivity index (χ0n) is 9.70. The smallest absolute Gasteiger partial charge is 0.143 e. The van der Waals surface area contributed by atoms with Gasteiger partial charge in [0.15, 0.2) is 0 Å². The van der Waals surface area contributed by atoms with Crippen molar-refractivity contribution in [2.75, 3.05) is 19.5 Å². The molecule has 0 fully saturated rings. The largest absolute Gasteiger partial charge is 0.492 e. The molecule has 0 radical (unpaired) electrons. The van der Waals surface area contributed by atoms with E-state index >= 15 is 0 Å². The van der Waals surface area contributed by atoms with Crippen LogP contribution in [0.4, 0.5) is 5.69 Å². The molecule has 1 aromatic rings. The molecule has 4 nitrogen and oxygen atoms in total. The number of rotatable bonds is 6. The number of nitrogens with zero attached hydrogens (tertiary/aromatic N) is 1. The highest BCUT2D eigenvalue weighted by Gasteiger charge is 2.10. The molecule has 0 bridgehead atoms. The van der Waals surface area contributed by atoms with E-state index in [0.29, 0.717) is 42.5 Å². The summed E-state index contributed by atoms with van der Waals surface area (Å²) in [6, 6.07) is 5.47. The van der Waals surface area contributed by atoms with E-state index in [-0.39, 0.29) is 0 Å². The van der Waals surface area contributed by atoms with Gasteiger partial charge in [0.2, 0.25) is 0 Å². The topological polar surface area (TPSA) is 68.3 Å². The summed E-state index contributed by atoms with van der Waals surface area (Å²) in [5.74, 6) is 0.584. The molecule has 17 heavy (non-hydrogen) atoms. The van der Waals surface area contributed by atoms with Crippen molar-refractivity contribution in [2.24, 2.45) is 0 Å². The molecule has 0 heterocycles. The number of halogens is 1. The van der Waals surface area contributed by atoms with Gasteiger partial charge in [0, 0.05) is 24.8 Å². The van der Waals surface area contributed by atoms with Crippen LogP contribution in [0, 0.1) is 11.3 Å². The third kappa shape index (κ3) is 4.14. The van der Waals surface area contributed by atoms with Gasteiger partial charge in [0.1, 0.15) is 5.75 Å². The fourth-order valence-electron chi connectivity index (χ4n) is 1.42. The summed E-state index contributed by atoms with van der Waals surface area (Å²) in [6.07, 6.45) is 1.13. The van der Waals surface area contributed by atoms with Crippen LogP contribution in [0.1, 0.15) is 18.4 Å². The van der Waals surface area contributed by atoms with Crippen molar-refractivity contribution in [2.45, 2.75) is 19.4 Å². The van der Waals surface area contributed by atoms with Crippen molar-refractivity contribution < 1.29 is 9.47 Å². The minimum atomic E-state index is 0.387. The molecule has 2 N–H and O–H groups in total. The Labute approximate surface area is 106 Å².